The second-order valence-corrected chi connectivity index (χ2v) is 4.24. The predicted molar refractivity (Wildman–Crippen MR) is 61.2 cm³/mol. The van der Waals surface area contributed by atoms with E-state index in [4.69, 9.17) is 15.9 Å². The molecule has 0 atom stereocenters. The number of carbonyl (C=O) groups is 1. The molecule has 0 saturated heterocycles. The van der Waals surface area contributed by atoms with Gasteiger partial charge in [0.2, 0.25) is 0 Å². The molecule has 0 N–H and O–H groups in total. The van der Waals surface area contributed by atoms with Crippen molar-refractivity contribution in [3.63, 3.8) is 0 Å². The Morgan fingerprint density at radius 1 is 1.25 bits per heavy atom. The van der Waals surface area contributed by atoms with Gasteiger partial charge >= 0.3 is 6.16 Å². The summed E-state index contributed by atoms with van der Waals surface area (Å²) < 4.78 is 9.96. The molecular formula is C13H14O3. The minimum atomic E-state index is -0.721. The average Bonchev–Trinajstić information content (AvgIpc) is 2.16. The Hall–Kier alpha value is -1.95. The molecule has 0 bridgehead atoms. The highest BCUT2D eigenvalue weighted by atomic mass is 16.7. The lowest BCUT2D eigenvalue weighted by atomic mass is 10.2. The van der Waals surface area contributed by atoms with Gasteiger partial charge in [0.15, 0.2) is 0 Å². The molecule has 0 unspecified atom stereocenters. The first-order valence-corrected chi connectivity index (χ1v) is 4.88. The Morgan fingerprint density at radius 2 is 1.81 bits per heavy atom. The van der Waals surface area contributed by atoms with Crippen molar-refractivity contribution >= 4 is 6.16 Å². The minimum Gasteiger partial charge on any atom is -0.428 e. The molecule has 0 aliphatic heterocycles. The van der Waals surface area contributed by atoms with Crippen LogP contribution in [0, 0.1) is 12.3 Å². The maximum atomic E-state index is 11.3. The van der Waals surface area contributed by atoms with Gasteiger partial charge in [-0.2, -0.15) is 0 Å². The van der Waals surface area contributed by atoms with Crippen LogP contribution in [-0.2, 0) is 4.74 Å². The lowest BCUT2D eigenvalue weighted by molar-refractivity contribution is 0.0206. The zero-order valence-corrected chi connectivity index (χ0v) is 9.61. The van der Waals surface area contributed by atoms with E-state index in [1.165, 1.54) is 0 Å². The van der Waals surface area contributed by atoms with Gasteiger partial charge in [-0.25, -0.2) is 4.79 Å². The third kappa shape index (κ3) is 4.05. The minimum absolute atomic E-state index is 0.410. The first kappa shape index (κ1) is 12.1. The zero-order valence-electron chi connectivity index (χ0n) is 9.61. The molecule has 16 heavy (non-hydrogen) atoms. The molecule has 84 valence electrons. The number of carbonyl (C=O) groups excluding carboxylic acids is 1. The summed E-state index contributed by atoms with van der Waals surface area (Å²) in [4.78, 5) is 11.3. The summed E-state index contributed by atoms with van der Waals surface area (Å²) in [5.41, 5.74) is 0.173. The Morgan fingerprint density at radius 3 is 2.25 bits per heavy atom. The van der Waals surface area contributed by atoms with Gasteiger partial charge in [-0.1, -0.05) is 5.92 Å². The van der Waals surface area contributed by atoms with Crippen molar-refractivity contribution in [1.29, 1.82) is 0 Å². The van der Waals surface area contributed by atoms with Crippen LogP contribution in [0.3, 0.4) is 0 Å². The zero-order chi connectivity index (χ0) is 12.2. The number of terminal acetylenes is 1. The molecule has 0 heterocycles. The third-order valence-electron chi connectivity index (χ3n) is 1.61. The number of benzene rings is 1. The van der Waals surface area contributed by atoms with Crippen LogP contribution in [0.1, 0.15) is 26.3 Å². The van der Waals surface area contributed by atoms with Gasteiger partial charge in [-0.3, -0.25) is 0 Å². The second kappa shape index (κ2) is 4.71. The van der Waals surface area contributed by atoms with E-state index < -0.39 is 11.8 Å². The lowest BCUT2D eigenvalue weighted by Gasteiger charge is -2.18. The summed E-state index contributed by atoms with van der Waals surface area (Å²) in [5.74, 6) is 2.88. The smallest absolute Gasteiger partial charge is 0.428 e. The summed E-state index contributed by atoms with van der Waals surface area (Å²) in [6.45, 7) is 5.32. The molecule has 0 amide bonds. The average molecular weight is 218 g/mol. The standard InChI is InChI=1S/C13H14O3/c1-5-10-6-8-11(9-7-10)15-12(14)16-13(2,3)4/h1,6-9H,2-4H3. The monoisotopic (exact) mass is 218 g/mol. The molecule has 0 saturated carbocycles. The van der Waals surface area contributed by atoms with Crippen LogP contribution in [-0.4, -0.2) is 11.8 Å². The van der Waals surface area contributed by atoms with E-state index in [1.54, 1.807) is 45.0 Å². The highest BCUT2D eigenvalue weighted by Gasteiger charge is 2.17. The first-order chi connectivity index (χ1) is 7.40. The largest absolute Gasteiger partial charge is 0.514 e. The van der Waals surface area contributed by atoms with Crippen molar-refractivity contribution < 1.29 is 14.3 Å². The van der Waals surface area contributed by atoms with Crippen LogP contribution in [0.25, 0.3) is 0 Å². The Bertz CT molecular complexity index is 404. The molecule has 1 rings (SSSR count). The maximum absolute atomic E-state index is 11.3. The number of hydrogen-bond donors (Lipinski definition) is 0. The summed E-state index contributed by atoms with van der Waals surface area (Å²) in [5, 5.41) is 0. The summed E-state index contributed by atoms with van der Waals surface area (Å²) >= 11 is 0. The number of ether oxygens (including phenoxy) is 2. The molecule has 1 aromatic carbocycles. The van der Waals surface area contributed by atoms with Crippen molar-refractivity contribution in [2.45, 2.75) is 26.4 Å². The van der Waals surface area contributed by atoms with Crippen molar-refractivity contribution in [2.24, 2.45) is 0 Å². The van der Waals surface area contributed by atoms with Crippen LogP contribution < -0.4 is 4.74 Å². The fourth-order valence-corrected chi connectivity index (χ4v) is 0.986. The van der Waals surface area contributed by atoms with Gasteiger partial charge < -0.3 is 9.47 Å². The van der Waals surface area contributed by atoms with Gasteiger partial charge in [0.25, 0.3) is 0 Å². The van der Waals surface area contributed by atoms with E-state index in [2.05, 4.69) is 5.92 Å². The van der Waals surface area contributed by atoms with Crippen molar-refractivity contribution in [2.75, 3.05) is 0 Å². The number of hydrogen-bond acceptors (Lipinski definition) is 3. The molecule has 0 aromatic heterocycles. The first-order valence-electron chi connectivity index (χ1n) is 4.88. The molecule has 3 nitrogen and oxygen atoms in total. The predicted octanol–water partition coefficient (Wildman–Crippen LogP) is 2.98. The van der Waals surface area contributed by atoms with Crippen LogP contribution in [0.15, 0.2) is 24.3 Å². The van der Waals surface area contributed by atoms with Crippen LogP contribution in [0.5, 0.6) is 5.75 Å². The summed E-state index contributed by atoms with van der Waals surface area (Å²) in [6.07, 6.45) is 4.48. The van der Waals surface area contributed by atoms with Gasteiger partial charge in [-0.05, 0) is 45.0 Å². The molecule has 1 aromatic rings. The number of rotatable bonds is 1. The van der Waals surface area contributed by atoms with Gasteiger partial charge in [0.1, 0.15) is 11.4 Å². The lowest BCUT2D eigenvalue weighted by Crippen LogP contribution is -2.25. The van der Waals surface area contributed by atoms with Gasteiger partial charge in [0.05, 0.1) is 0 Å². The van der Waals surface area contributed by atoms with Crippen molar-refractivity contribution in [3.8, 4) is 18.1 Å². The van der Waals surface area contributed by atoms with Crippen LogP contribution in [0.2, 0.25) is 0 Å². The maximum Gasteiger partial charge on any atom is 0.514 e. The normalized spacial score (nSPS) is 10.4. The van der Waals surface area contributed by atoms with E-state index in [0.717, 1.165) is 5.56 Å². The fourth-order valence-electron chi connectivity index (χ4n) is 0.986. The highest BCUT2D eigenvalue weighted by Crippen LogP contribution is 2.14. The van der Waals surface area contributed by atoms with E-state index in [-0.39, 0.29) is 0 Å². The fraction of sp³-hybridized carbons (Fsp3) is 0.308. The van der Waals surface area contributed by atoms with E-state index in [1.807, 2.05) is 0 Å². The molecule has 0 radical (unpaired) electrons. The van der Waals surface area contributed by atoms with E-state index >= 15 is 0 Å². The molecule has 0 fully saturated rings. The Kier molecular flexibility index (Phi) is 3.57. The molecule has 0 aliphatic carbocycles. The Balaban J connectivity index is 2.61. The van der Waals surface area contributed by atoms with Crippen molar-refractivity contribution in [3.05, 3.63) is 29.8 Å². The summed E-state index contributed by atoms with van der Waals surface area (Å²) in [6, 6.07) is 6.64. The third-order valence-corrected chi connectivity index (χ3v) is 1.61. The Labute approximate surface area is 95.4 Å². The van der Waals surface area contributed by atoms with E-state index in [9.17, 15) is 4.79 Å². The quantitative estimate of drug-likeness (QED) is 0.413. The topological polar surface area (TPSA) is 35.5 Å². The van der Waals surface area contributed by atoms with Crippen LogP contribution >= 0.6 is 0 Å². The summed E-state index contributed by atoms with van der Waals surface area (Å²) in [7, 11) is 0. The van der Waals surface area contributed by atoms with Crippen LogP contribution in [0.4, 0.5) is 4.79 Å². The highest BCUT2D eigenvalue weighted by molar-refractivity contribution is 5.64. The molecule has 0 spiro atoms. The van der Waals surface area contributed by atoms with Gasteiger partial charge in [-0.15, -0.1) is 6.42 Å². The van der Waals surface area contributed by atoms with Crippen molar-refractivity contribution in [1.82, 2.24) is 0 Å². The SMILES string of the molecule is C#Cc1ccc(OC(=O)OC(C)(C)C)cc1. The molecule has 3 heteroatoms. The molecule has 0 aliphatic rings. The van der Waals surface area contributed by atoms with E-state index in [0.29, 0.717) is 5.75 Å². The second-order valence-electron chi connectivity index (χ2n) is 4.24. The van der Waals surface area contributed by atoms with Gasteiger partial charge in [0, 0.05) is 5.56 Å². The molecular weight excluding hydrogens is 204 g/mol.